The first-order valence-corrected chi connectivity index (χ1v) is 3.41. The Hall–Kier alpha value is -0.980. The van der Waals surface area contributed by atoms with E-state index in [0.717, 1.165) is 5.71 Å². The first-order chi connectivity index (χ1) is 4.75. The summed E-state index contributed by atoms with van der Waals surface area (Å²) < 4.78 is 0. The second kappa shape index (κ2) is 2.74. The van der Waals surface area contributed by atoms with Gasteiger partial charge in [-0.15, -0.1) is 0 Å². The van der Waals surface area contributed by atoms with E-state index in [9.17, 15) is 0 Å². The van der Waals surface area contributed by atoms with Crippen LogP contribution in [-0.4, -0.2) is 12.8 Å². The van der Waals surface area contributed by atoms with Gasteiger partial charge in [-0.25, -0.2) is 0 Å². The van der Waals surface area contributed by atoms with Gasteiger partial charge in [0.15, 0.2) is 5.71 Å². The summed E-state index contributed by atoms with van der Waals surface area (Å²) in [6.07, 6.45) is 6.16. The van der Waals surface area contributed by atoms with E-state index in [2.05, 4.69) is 25.3 Å². The minimum atomic E-state index is 1.10. The van der Waals surface area contributed by atoms with Gasteiger partial charge in [0.25, 0.3) is 0 Å². The summed E-state index contributed by atoms with van der Waals surface area (Å²) in [5.74, 6) is 0. The molecule has 0 radical (unpaired) electrons. The van der Waals surface area contributed by atoms with Crippen LogP contribution in [0.25, 0.3) is 0 Å². The predicted octanol–water partition coefficient (Wildman–Crippen LogP) is 2.17. The molecular formula is C9H12N+. The molecule has 1 nitrogen and oxygen atoms in total. The molecule has 0 heterocycles. The van der Waals surface area contributed by atoms with E-state index in [1.54, 1.807) is 0 Å². The molecule has 10 heavy (non-hydrogen) atoms. The summed E-state index contributed by atoms with van der Waals surface area (Å²) >= 11 is 0. The van der Waals surface area contributed by atoms with Crippen LogP contribution in [0.1, 0.15) is 13.8 Å². The lowest BCUT2D eigenvalue weighted by molar-refractivity contribution is 1.31. The second-order valence-electron chi connectivity index (χ2n) is 2.44. The normalized spacial score (nSPS) is 21.7. The van der Waals surface area contributed by atoms with Crippen LogP contribution in [0.3, 0.4) is 0 Å². The summed E-state index contributed by atoms with van der Waals surface area (Å²) in [7, 11) is 1.82. The van der Waals surface area contributed by atoms with E-state index in [0.29, 0.717) is 0 Å². The molecule has 1 heteroatoms. The lowest BCUT2D eigenvalue weighted by Crippen LogP contribution is -2.02. The average Bonchev–Trinajstić information content (AvgIpc) is 1.95. The van der Waals surface area contributed by atoms with Crippen molar-refractivity contribution >= 4 is 5.71 Å². The molecule has 0 saturated heterocycles. The Kier molecular flexibility index (Phi) is 1.95. The molecule has 0 fully saturated rings. The summed E-state index contributed by atoms with van der Waals surface area (Å²) in [6, 6.07) is 0. The highest BCUT2D eigenvalue weighted by atomic mass is 14.7. The van der Waals surface area contributed by atoms with Crippen molar-refractivity contribution in [2.45, 2.75) is 13.8 Å². The van der Waals surface area contributed by atoms with Crippen LogP contribution in [0.4, 0.5) is 0 Å². The van der Waals surface area contributed by atoms with Crippen molar-refractivity contribution in [2.24, 2.45) is 4.99 Å². The van der Waals surface area contributed by atoms with Gasteiger partial charge in [-0.2, -0.15) is 0 Å². The molecule has 0 amide bonds. The molecule has 52 valence electrons. The molecule has 1 aliphatic carbocycles. The Morgan fingerprint density at radius 3 is 2.60 bits per heavy atom. The number of rotatable bonds is 0. The van der Waals surface area contributed by atoms with Crippen LogP contribution in [0, 0.1) is 6.42 Å². The Balaban J connectivity index is 2.97. The van der Waals surface area contributed by atoms with Gasteiger partial charge >= 0.3 is 0 Å². The molecule has 0 aromatic heterocycles. The van der Waals surface area contributed by atoms with E-state index < -0.39 is 0 Å². The van der Waals surface area contributed by atoms with Crippen LogP contribution >= 0.6 is 0 Å². The number of hydrogen-bond donors (Lipinski definition) is 0. The van der Waals surface area contributed by atoms with Gasteiger partial charge in [-0.1, -0.05) is 0 Å². The lowest BCUT2D eigenvalue weighted by Gasteiger charge is -2.00. The molecule has 0 bridgehead atoms. The molecule has 1 rings (SSSR count). The topological polar surface area (TPSA) is 12.4 Å². The molecule has 0 aromatic rings. The Bertz CT molecular complexity index is 219. The van der Waals surface area contributed by atoms with Crippen molar-refractivity contribution in [1.82, 2.24) is 0 Å². The smallest absolute Gasteiger partial charge is 0.171 e. The molecular weight excluding hydrogens is 122 g/mol. The number of nitrogens with zero attached hydrogens (tertiary/aromatic N) is 1. The number of aliphatic imine (C=N–C) groups is 1. The molecule has 1 aliphatic rings. The zero-order valence-electron chi connectivity index (χ0n) is 6.68. The summed E-state index contributed by atoms with van der Waals surface area (Å²) in [6.45, 7) is 4.20. The van der Waals surface area contributed by atoms with Crippen molar-refractivity contribution in [2.75, 3.05) is 7.05 Å². The maximum Gasteiger partial charge on any atom is 0.171 e. The maximum atomic E-state index is 4.13. The quantitative estimate of drug-likeness (QED) is 0.450. The van der Waals surface area contributed by atoms with Gasteiger partial charge in [0, 0.05) is 20.4 Å². The van der Waals surface area contributed by atoms with Crippen LogP contribution in [-0.2, 0) is 0 Å². The van der Waals surface area contributed by atoms with Gasteiger partial charge < -0.3 is 0 Å². The van der Waals surface area contributed by atoms with Crippen molar-refractivity contribution in [3.05, 3.63) is 29.7 Å². The molecule has 0 unspecified atom stereocenters. The average molecular weight is 134 g/mol. The molecule has 0 spiro atoms. The Morgan fingerprint density at radius 2 is 2.10 bits per heavy atom. The highest BCUT2D eigenvalue weighted by molar-refractivity contribution is 6.09. The largest absolute Gasteiger partial charge is 0.262 e. The third-order valence-corrected chi connectivity index (χ3v) is 1.82. The SMILES string of the molecule is CN=C1C=C[CH+]C(C)=C1C. The molecule has 0 N–H and O–H groups in total. The third kappa shape index (κ3) is 1.13. The van der Waals surface area contributed by atoms with Crippen LogP contribution < -0.4 is 0 Å². The van der Waals surface area contributed by atoms with Gasteiger partial charge in [-0.3, -0.25) is 4.99 Å². The number of hydrogen-bond acceptors (Lipinski definition) is 1. The van der Waals surface area contributed by atoms with E-state index in [1.165, 1.54) is 11.1 Å². The van der Waals surface area contributed by atoms with Crippen molar-refractivity contribution in [3.63, 3.8) is 0 Å². The van der Waals surface area contributed by atoms with Gasteiger partial charge in [0.2, 0.25) is 0 Å². The van der Waals surface area contributed by atoms with E-state index in [-0.39, 0.29) is 0 Å². The predicted molar refractivity (Wildman–Crippen MR) is 45.2 cm³/mol. The van der Waals surface area contributed by atoms with Crippen LogP contribution in [0.2, 0.25) is 0 Å². The lowest BCUT2D eigenvalue weighted by atomic mass is 9.98. The fourth-order valence-electron chi connectivity index (χ4n) is 0.978. The van der Waals surface area contributed by atoms with Gasteiger partial charge in [0.1, 0.15) is 0 Å². The van der Waals surface area contributed by atoms with Gasteiger partial charge in [0.05, 0.1) is 23.3 Å². The third-order valence-electron chi connectivity index (χ3n) is 1.82. The second-order valence-corrected chi connectivity index (χ2v) is 2.44. The van der Waals surface area contributed by atoms with Crippen LogP contribution in [0.5, 0.6) is 0 Å². The highest BCUT2D eigenvalue weighted by Crippen LogP contribution is 2.14. The van der Waals surface area contributed by atoms with Gasteiger partial charge in [-0.05, 0) is 6.92 Å². The minimum Gasteiger partial charge on any atom is -0.262 e. The fourth-order valence-corrected chi connectivity index (χ4v) is 0.978. The summed E-state index contributed by atoms with van der Waals surface area (Å²) in [5.41, 5.74) is 3.69. The number of allylic oxidation sites excluding steroid dienone is 4. The molecule has 0 atom stereocenters. The minimum absolute atomic E-state index is 1.10. The zero-order valence-corrected chi connectivity index (χ0v) is 6.68. The maximum absolute atomic E-state index is 4.13. The van der Waals surface area contributed by atoms with Crippen LogP contribution in [0.15, 0.2) is 28.3 Å². The summed E-state index contributed by atoms with van der Waals surface area (Å²) in [5, 5.41) is 0. The zero-order chi connectivity index (χ0) is 7.56. The molecule has 0 aromatic carbocycles. The van der Waals surface area contributed by atoms with Crippen molar-refractivity contribution in [3.8, 4) is 0 Å². The molecule has 0 saturated carbocycles. The van der Waals surface area contributed by atoms with Crippen molar-refractivity contribution < 1.29 is 0 Å². The molecule has 0 aliphatic heterocycles. The monoisotopic (exact) mass is 134 g/mol. The Labute approximate surface area is 62.2 Å². The van der Waals surface area contributed by atoms with E-state index in [4.69, 9.17) is 0 Å². The fraction of sp³-hybridized carbons (Fsp3) is 0.333. The standard InChI is InChI=1S/C9H12N/c1-7-5-4-6-9(10-3)8(7)2/h4-6H,1-3H3/q+1. The first kappa shape index (κ1) is 7.13. The summed E-state index contributed by atoms with van der Waals surface area (Å²) in [4.78, 5) is 4.13. The Morgan fingerprint density at radius 1 is 1.40 bits per heavy atom. The van der Waals surface area contributed by atoms with E-state index in [1.807, 2.05) is 19.2 Å². The van der Waals surface area contributed by atoms with Crippen molar-refractivity contribution in [1.29, 1.82) is 0 Å². The first-order valence-electron chi connectivity index (χ1n) is 3.41. The van der Waals surface area contributed by atoms with E-state index >= 15 is 0 Å². The highest BCUT2D eigenvalue weighted by Gasteiger charge is 2.14.